The third-order valence-corrected chi connectivity index (χ3v) is 4.97. The van der Waals surface area contributed by atoms with Crippen LogP contribution in [0.4, 0.5) is 15.8 Å². The molecule has 0 fully saturated rings. The van der Waals surface area contributed by atoms with E-state index in [1.807, 2.05) is 0 Å². The van der Waals surface area contributed by atoms with Gasteiger partial charge in [0.15, 0.2) is 0 Å². The normalized spacial score (nSPS) is 11.0. The first-order valence-corrected chi connectivity index (χ1v) is 9.83. The lowest BCUT2D eigenvalue weighted by molar-refractivity contribution is -0.114. The van der Waals surface area contributed by atoms with E-state index in [1.165, 1.54) is 44.6 Å². The fourth-order valence-corrected chi connectivity index (χ4v) is 3.39. The second-order valence-electron chi connectivity index (χ2n) is 5.48. The molecule has 0 unspecified atom stereocenters. The van der Waals surface area contributed by atoms with Gasteiger partial charge >= 0.3 is 0 Å². The minimum Gasteiger partial charge on any atom is -0.495 e. The minimum absolute atomic E-state index is 0.0355. The molecule has 2 rings (SSSR count). The second kappa shape index (κ2) is 8.45. The highest BCUT2D eigenvalue weighted by Crippen LogP contribution is 2.35. The Balaban J connectivity index is 2.29. The van der Waals surface area contributed by atoms with Crippen molar-refractivity contribution in [2.24, 2.45) is 0 Å². The zero-order valence-corrected chi connectivity index (χ0v) is 16.4. The maximum Gasteiger partial charge on any atom is 0.245 e. The van der Waals surface area contributed by atoms with Crippen molar-refractivity contribution < 1.29 is 27.1 Å². The average molecular weight is 417 g/mol. The molecule has 0 bridgehead atoms. The number of nitrogens with zero attached hydrogens (tertiary/aromatic N) is 1. The van der Waals surface area contributed by atoms with Crippen LogP contribution in [-0.4, -0.2) is 41.3 Å². The number of halogens is 2. The van der Waals surface area contributed by atoms with Crippen LogP contribution < -0.4 is 19.1 Å². The van der Waals surface area contributed by atoms with Crippen LogP contribution in [0, 0.1) is 5.82 Å². The summed E-state index contributed by atoms with van der Waals surface area (Å²) in [5.74, 6) is -0.707. The first-order chi connectivity index (χ1) is 12.7. The van der Waals surface area contributed by atoms with Crippen molar-refractivity contribution in [3.8, 4) is 11.5 Å². The Bertz CT molecular complexity index is 952. The molecule has 10 heteroatoms. The van der Waals surface area contributed by atoms with Crippen LogP contribution in [0.1, 0.15) is 0 Å². The van der Waals surface area contributed by atoms with Crippen molar-refractivity contribution in [1.82, 2.24) is 0 Å². The lowest BCUT2D eigenvalue weighted by atomic mass is 10.2. The van der Waals surface area contributed by atoms with Crippen molar-refractivity contribution in [3.05, 3.63) is 47.2 Å². The van der Waals surface area contributed by atoms with Crippen molar-refractivity contribution in [3.63, 3.8) is 0 Å². The smallest absolute Gasteiger partial charge is 0.245 e. The Hall–Kier alpha value is -2.52. The van der Waals surface area contributed by atoms with Crippen LogP contribution in [0.25, 0.3) is 0 Å². The predicted molar refractivity (Wildman–Crippen MR) is 102 cm³/mol. The van der Waals surface area contributed by atoms with Crippen LogP contribution in [0.3, 0.4) is 0 Å². The molecule has 0 radical (unpaired) electrons. The van der Waals surface area contributed by atoms with Gasteiger partial charge < -0.3 is 14.8 Å². The van der Waals surface area contributed by atoms with Crippen molar-refractivity contribution >= 4 is 38.9 Å². The summed E-state index contributed by atoms with van der Waals surface area (Å²) in [7, 11) is -1.02. The number of rotatable bonds is 7. The molecule has 2 aromatic rings. The summed E-state index contributed by atoms with van der Waals surface area (Å²) in [6, 6.07) is 7.86. The van der Waals surface area contributed by atoms with Crippen LogP contribution in [0.2, 0.25) is 5.02 Å². The molecule has 0 aromatic heterocycles. The Morgan fingerprint density at radius 2 is 1.85 bits per heavy atom. The third-order valence-electron chi connectivity index (χ3n) is 3.53. The van der Waals surface area contributed by atoms with E-state index in [-0.39, 0.29) is 22.1 Å². The standard InChI is InChI=1S/C17H18ClFN2O5S/c1-25-15-9-14(16(26-2)8-13(15)18)20-17(22)10-21(27(3,23)24)12-6-4-5-11(19)7-12/h4-9H,10H2,1-3H3,(H,20,22). The highest BCUT2D eigenvalue weighted by molar-refractivity contribution is 7.92. The number of benzene rings is 2. The monoisotopic (exact) mass is 416 g/mol. The Morgan fingerprint density at radius 3 is 2.41 bits per heavy atom. The van der Waals surface area contributed by atoms with Gasteiger partial charge in [0.05, 0.1) is 36.9 Å². The number of methoxy groups -OCH3 is 2. The minimum atomic E-state index is -3.83. The largest absolute Gasteiger partial charge is 0.495 e. The SMILES string of the molecule is COc1cc(NC(=O)CN(c2cccc(F)c2)S(C)(=O)=O)c(OC)cc1Cl. The average Bonchev–Trinajstić information content (AvgIpc) is 2.59. The zero-order valence-electron chi connectivity index (χ0n) is 14.8. The number of carbonyl (C=O) groups is 1. The fraction of sp³-hybridized carbons (Fsp3) is 0.235. The van der Waals surface area contributed by atoms with Crippen LogP contribution in [-0.2, 0) is 14.8 Å². The molecular formula is C17H18ClFN2O5S. The predicted octanol–water partition coefficient (Wildman–Crippen LogP) is 2.90. The number of anilines is 2. The number of ether oxygens (including phenoxy) is 2. The number of carbonyl (C=O) groups excluding carboxylic acids is 1. The van der Waals surface area contributed by atoms with E-state index in [2.05, 4.69) is 5.32 Å². The highest BCUT2D eigenvalue weighted by atomic mass is 35.5. The lowest BCUT2D eigenvalue weighted by Gasteiger charge is -2.22. The highest BCUT2D eigenvalue weighted by Gasteiger charge is 2.22. The molecule has 0 atom stereocenters. The Labute approximate surface area is 161 Å². The molecule has 27 heavy (non-hydrogen) atoms. The van der Waals surface area contributed by atoms with Gasteiger partial charge in [-0.15, -0.1) is 0 Å². The van der Waals surface area contributed by atoms with Gasteiger partial charge in [-0.25, -0.2) is 12.8 Å². The number of hydrogen-bond acceptors (Lipinski definition) is 5. The maximum absolute atomic E-state index is 13.5. The first-order valence-electron chi connectivity index (χ1n) is 7.60. The fourth-order valence-electron chi connectivity index (χ4n) is 2.31. The molecule has 146 valence electrons. The van der Waals surface area contributed by atoms with Gasteiger partial charge in [-0.05, 0) is 18.2 Å². The van der Waals surface area contributed by atoms with Crippen molar-refractivity contribution in [1.29, 1.82) is 0 Å². The van der Waals surface area contributed by atoms with Crippen molar-refractivity contribution in [2.45, 2.75) is 0 Å². The zero-order chi connectivity index (χ0) is 20.2. The van der Waals surface area contributed by atoms with E-state index >= 15 is 0 Å². The molecule has 2 aromatic carbocycles. The van der Waals surface area contributed by atoms with E-state index in [0.29, 0.717) is 5.75 Å². The van der Waals surface area contributed by atoms with Gasteiger partial charge in [0.1, 0.15) is 23.9 Å². The number of amides is 1. The quantitative estimate of drug-likeness (QED) is 0.750. The second-order valence-corrected chi connectivity index (χ2v) is 7.80. The summed E-state index contributed by atoms with van der Waals surface area (Å²) in [5, 5.41) is 2.83. The molecule has 0 aliphatic carbocycles. The molecule has 1 N–H and O–H groups in total. The molecule has 0 aliphatic rings. The van der Waals surface area contributed by atoms with E-state index in [4.69, 9.17) is 21.1 Å². The molecule has 0 aliphatic heterocycles. The number of sulfonamides is 1. The van der Waals surface area contributed by atoms with Gasteiger partial charge in [-0.1, -0.05) is 17.7 Å². The van der Waals surface area contributed by atoms with Gasteiger partial charge in [0, 0.05) is 12.1 Å². The Morgan fingerprint density at radius 1 is 1.19 bits per heavy atom. The van der Waals surface area contributed by atoms with Crippen LogP contribution >= 0.6 is 11.6 Å². The van der Waals surface area contributed by atoms with Gasteiger partial charge in [-0.2, -0.15) is 0 Å². The molecule has 0 saturated heterocycles. The molecular weight excluding hydrogens is 399 g/mol. The van der Waals surface area contributed by atoms with E-state index in [9.17, 15) is 17.6 Å². The van der Waals surface area contributed by atoms with Crippen LogP contribution in [0.5, 0.6) is 11.5 Å². The summed E-state index contributed by atoms with van der Waals surface area (Å²) in [4.78, 5) is 12.4. The van der Waals surface area contributed by atoms with E-state index in [1.54, 1.807) is 0 Å². The van der Waals surface area contributed by atoms with Crippen LogP contribution in [0.15, 0.2) is 36.4 Å². The summed E-state index contributed by atoms with van der Waals surface area (Å²) in [6.07, 6.45) is 0.928. The molecule has 1 amide bonds. The van der Waals surface area contributed by atoms with Crippen molar-refractivity contribution in [2.75, 3.05) is 36.6 Å². The summed E-state index contributed by atoms with van der Waals surface area (Å²) in [6.45, 7) is -0.559. The molecule has 7 nitrogen and oxygen atoms in total. The topological polar surface area (TPSA) is 84.9 Å². The summed E-state index contributed by atoms with van der Waals surface area (Å²) < 4.78 is 48.6. The molecule has 0 saturated carbocycles. The van der Waals surface area contributed by atoms with E-state index in [0.717, 1.165) is 16.6 Å². The summed E-state index contributed by atoms with van der Waals surface area (Å²) in [5.41, 5.74) is 0.282. The molecule has 0 spiro atoms. The Kier molecular flexibility index (Phi) is 6.50. The third kappa shape index (κ3) is 5.24. The molecule has 0 heterocycles. The van der Waals surface area contributed by atoms with Gasteiger partial charge in [0.25, 0.3) is 0 Å². The number of nitrogens with one attached hydrogen (secondary N) is 1. The van der Waals surface area contributed by atoms with Gasteiger partial charge in [0.2, 0.25) is 15.9 Å². The maximum atomic E-state index is 13.5. The lowest BCUT2D eigenvalue weighted by Crippen LogP contribution is -2.37. The number of hydrogen-bond donors (Lipinski definition) is 1. The van der Waals surface area contributed by atoms with Gasteiger partial charge in [-0.3, -0.25) is 9.10 Å². The first kappa shape index (κ1) is 20.8. The van der Waals surface area contributed by atoms with E-state index < -0.39 is 28.3 Å². The summed E-state index contributed by atoms with van der Waals surface area (Å²) >= 11 is 6.02.